The second-order valence-corrected chi connectivity index (χ2v) is 4.85. The highest BCUT2D eigenvalue weighted by Crippen LogP contribution is 2.30. The molecule has 1 aliphatic carbocycles. The van der Waals surface area contributed by atoms with E-state index < -0.39 is 5.97 Å². The summed E-state index contributed by atoms with van der Waals surface area (Å²) in [5, 5.41) is 9.77. The van der Waals surface area contributed by atoms with Gasteiger partial charge in [0.05, 0.1) is 13.0 Å². The number of aliphatic carboxylic acids is 1. The van der Waals surface area contributed by atoms with E-state index in [1.54, 1.807) is 6.20 Å². The van der Waals surface area contributed by atoms with E-state index in [0.717, 1.165) is 34.7 Å². The molecule has 94 valence electrons. The van der Waals surface area contributed by atoms with Crippen LogP contribution in [0, 0.1) is 5.92 Å². The number of nitrogens with one attached hydrogen (secondary N) is 1. The average molecular weight is 245 g/mol. The first kappa shape index (κ1) is 11.1. The Hall–Kier alpha value is -1.97. The molecule has 1 aromatic heterocycles. The van der Waals surface area contributed by atoms with Gasteiger partial charge in [-0.1, -0.05) is 0 Å². The lowest BCUT2D eigenvalue weighted by Gasteiger charge is -2.05. The largest absolute Gasteiger partial charge is 0.493 e. The van der Waals surface area contributed by atoms with Gasteiger partial charge in [-0.25, -0.2) is 0 Å². The van der Waals surface area contributed by atoms with E-state index in [1.165, 1.54) is 12.8 Å². The van der Waals surface area contributed by atoms with Crippen LogP contribution in [-0.2, 0) is 11.2 Å². The van der Waals surface area contributed by atoms with Gasteiger partial charge in [0.1, 0.15) is 5.75 Å². The van der Waals surface area contributed by atoms with Crippen molar-refractivity contribution in [3.05, 3.63) is 30.0 Å². The fraction of sp³-hybridized carbons (Fsp3) is 0.357. The molecule has 4 heteroatoms. The molecular formula is C14H15NO3. The molecule has 4 nitrogen and oxygen atoms in total. The number of hydrogen-bond donors (Lipinski definition) is 2. The second-order valence-electron chi connectivity index (χ2n) is 4.85. The minimum atomic E-state index is -0.815. The second kappa shape index (κ2) is 4.37. The summed E-state index contributed by atoms with van der Waals surface area (Å²) in [6.45, 7) is 0.786. The van der Waals surface area contributed by atoms with Crippen molar-refractivity contribution in [3.8, 4) is 5.75 Å². The highest BCUT2D eigenvalue weighted by Gasteiger charge is 2.21. The van der Waals surface area contributed by atoms with E-state index in [4.69, 9.17) is 9.84 Å². The monoisotopic (exact) mass is 245 g/mol. The van der Waals surface area contributed by atoms with Crippen LogP contribution in [0.3, 0.4) is 0 Å². The molecule has 0 atom stereocenters. The maximum absolute atomic E-state index is 10.7. The zero-order valence-electron chi connectivity index (χ0n) is 9.98. The van der Waals surface area contributed by atoms with Crippen molar-refractivity contribution in [1.29, 1.82) is 0 Å². The number of rotatable bonds is 5. The van der Waals surface area contributed by atoms with Gasteiger partial charge in [-0.15, -0.1) is 0 Å². The van der Waals surface area contributed by atoms with Crippen LogP contribution >= 0.6 is 0 Å². The van der Waals surface area contributed by atoms with Crippen molar-refractivity contribution in [2.75, 3.05) is 6.61 Å². The zero-order chi connectivity index (χ0) is 12.5. The number of H-pyrrole nitrogens is 1. The highest BCUT2D eigenvalue weighted by atomic mass is 16.5. The summed E-state index contributed by atoms with van der Waals surface area (Å²) in [7, 11) is 0. The Morgan fingerprint density at radius 1 is 1.44 bits per heavy atom. The van der Waals surface area contributed by atoms with E-state index in [0.29, 0.717) is 0 Å². The molecule has 18 heavy (non-hydrogen) atoms. The number of ether oxygens (including phenoxy) is 1. The number of carboxylic acid groups (broad SMARTS) is 1. The molecule has 1 fully saturated rings. The summed E-state index contributed by atoms with van der Waals surface area (Å²) in [6.07, 6.45) is 4.34. The maximum Gasteiger partial charge on any atom is 0.307 e. The van der Waals surface area contributed by atoms with E-state index >= 15 is 0 Å². The molecule has 3 rings (SSSR count). The van der Waals surface area contributed by atoms with Gasteiger partial charge in [0.15, 0.2) is 0 Å². The SMILES string of the molecule is O=C(O)Cc1c[nH]c2cc(OCC3CC3)ccc12. The van der Waals surface area contributed by atoms with E-state index in [-0.39, 0.29) is 6.42 Å². The summed E-state index contributed by atoms with van der Waals surface area (Å²) in [5.74, 6) is 0.759. The van der Waals surface area contributed by atoms with Crippen LogP contribution in [0.25, 0.3) is 10.9 Å². The zero-order valence-corrected chi connectivity index (χ0v) is 9.98. The normalized spacial score (nSPS) is 14.9. The van der Waals surface area contributed by atoms with Crippen molar-refractivity contribution in [2.45, 2.75) is 19.3 Å². The van der Waals surface area contributed by atoms with Crippen LogP contribution in [0.2, 0.25) is 0 Å². The van der Waals surface area contributed by atoms with Gasteiger partial charge < -0.3 is 14.8 Å². The van der Waals surface area contributed by atoms with Gasteiger partial charge in [0, 0.05) is 23.2 Å². The van der Waals surface area contributed by atoms with Crippen LogP contribution in [0.1, 0.15) is 18.4 Å². The Morgan fingerprint density at radius 3 is 3.00 bits per heavy atom. The van der Waals surface area contributed by atoms with Crippen LogP contribution in [0.4, 0.5) is 0 Å². The molecule has 1 heterocycles. The molecular weight excluding hydrogens is 230 g/mol. The van der Waals surface area contributed by atoms with Crippen molar-refractivity contribution in [3.63, 3.8) is 0 Å². The molecule has 0 radical (unpaired) electrons. The van der Waals surface area contributed by atoms with Gasteiger partial charge in [-0.05, 0) is 36.5 Å². The predicted molar refractivity (Wildman–Crippen MR) is 67.9 cm³/mol. The summed E-state index contributed by atoms with van der Waals surface area (Å²) >= 11 is 0. The maximum atomic E-state index is 10.7. The van der Waals surface area contributed by atoms with Crippen LogP contribution < -0.4 is 4.74 Å². The molecule has 0 saturated heterocycles. The number of fused-ring (bicyclic) bond motifs is 1. The average Bonchev–Trinajstić information content (AvgIpc) is 3.09. The van der Waals surface area contributed by atoms with Crippen LogP contribution in [0.15, 0.2) is 24.4 Å². The Bertz CT molecular complexity index is 584. The van der Waals surface area contributed by atoms with Crippen molar-refractivity contribution in [2.24, 2.45) is 5.92 Å². The number of hydrogen-bond acceptors (Lipinski definition) is 2. The van der Waals surface area contributed by atoms with Crippen molar-refractivity contribution >= 4 is 16.9 Å². The topological polar surface area (TPSA) is 62.3 Å². The first-order valence-electron chi connectivity index (χ1n) is 6.17. The molecule has 0 bridgehead atoms. The molecule has 2 N–H and O–H groups in total. The molecule has 0 spiro atoms. The summed E-state index contributed by atoms with van der Waals surface area (Å²) in [4.78, 5) is 13.8. The standard InChI is InChI=1S/C14H15NO3/c16-14(17)5-10-7-15-13-6-11(3-4-12(10)13)18-8-9-1-2-9/h3-4,6-7,9,15H,1-2,5,8H2,(H,16,17). The summed E-state index contributed by atoms with van der Waals surface area (Å²) < 4.78 is 5.69. The highest BCUT2D eigenvalue weighted by molar-refractivity contribution is 5.87. The molecule has 1 aliphatic rings. The number of aromatic nitrogens is 1. The van der Waals surface area contributed by atoms with Crippen molar-refractivity contribution < 1.29 is 14.6 Å². The van der Waals surface area contributed by atoms with E-state index in [1.807, 2.05) is 18.2 Å². The minimum Gasteiger partial charge on any atom is -0.493 e. The first-order chi connectivity index (χ1) is 8.72. The lowest BCUT2D eigenvalue weighted by atomic mass is 10.1. The molecule has 0 unspecified atom stereocenters. The molecule has 0 amide bonds. The minimum absolute atomic E-state index is 0.0439. The summed E-state index contributed by atoms with van der Waals surface area (Å²) in [5.41, 5.74) is 1.74. The first-order valence-corrected chi connectivity index (χ1v) is 6.17. The Kier molecular flexibility index (Phi) is 2.70. The van der Waals surface area contributed by atoms with E-state index in [9.17, 15) is 4.79 Å². The number of aromatic amines is 1. The smallest absolute Gasteiger partial charge is 0.307 e. The Labute approximate surface area is 105 Å². The van der Waals surface area contributed by atoms with Crippen LogP contribution in [0.5, 0.6) is 5.75 Å². The molecule has 1 aromatic carbocycles. The predicted octanol–water partition coefficient (Wildman–Crippen LogP) is 2.58. The Morgan fingerprint density at radius 2 is 2.28 bits per heavy atom. The lowest BCUT2D eigenvalue weighted by molar-refractivity contribution is -0.136. The number of benzene rings is 1. The van der Waals surface area contributed by atoms with Crippen LogP contribution in [-0.4, -0.2) is 22.7 Å². The van der Waals surface area contributed by atoms with Gasteiger partial charge >= 0.3 is 5.97 Å². The Balaban J connectivity index is 1.81. The van der Waals surface area contributed by atoms with Gasteiger partial charge in [-0.3, -0.25) is 4.79 Å². The van der Waals surface area contributed by atoms with E-state index in [2.05, 4.69) is 4.98 Å². The molecule has 1 saturated carbocycles. The summed E-state index contributed by atoms with van der Waals surface area (Å²) in [6, 6.07) is 5.76. The third-order valence-corrected chi connectivity index (χ3v) is 3.26. The van der Waals surface area contributed by atoms with Crippen molar-refractivity contribution in [1.82, 2.24) is 4.98 Å². The van der Waals surface area contributed by atoms with Gasteiger partial charge in [-0.2, -0.15) is 0 Å². The molecule has 2 aromatic rings. The number of carbonyl (C=O) groups is 1. The quantitative estimate of drug-likeness (QED) is 0.851. The van der Waals surface area contributed by atoms with Gasteiger partial charge in [0.25, 0.3) is 0 Å². The fourth-order valence-corrected chi connectivity index (χ4v) is 2.06. The van der Waals surface area contributed by atoms with Gasteiger partial charge in [0.2, 0.25) is 0 Å². The lowest BCUT2D eigenvalue weighted by Crippen LogP contribution is -1.99. The third kappa shape index (κ3) is 2.32. The third-order valence-electron chi connectivity index (χ3n) is 3.26. The fourth-order valence-electron chi connectivity index (χ4n) is 2.06. The molecule has 0 aliphatic heterocycles. The number of carboxylic acids is 1.